The Balaban J connectivity index is 1.61. The molecular weight excluding hydrogens is 348 g/mol. The number of rotatable bonds is 6. The van der Waals surface area contributed by atoms with Gasteiger partial charge in [-0.1, -0.05) is 36.4 Å². The first kappa shape index (κ1) is 17.9. The Morgan fingerprint density at radius 3 is 2.64 bits per heavy atom. The van der Waals surface area contributed by atoms with E-state index < -0.39 is 0 Å². The summed E-state index contributed by atoms with van der Waals surface area (Å²) in [7, 11) is 0. The van der Waals surface area contributed by atoms with Crippen molar-refractivity contribution in [3.8, 4) is 0 Å². The van der Waals surface area contributed by atoms with Crippen molar-refractivity contribution < 1.29 is 4.79 Å². The Bertz CT molecular complexity index is 1070. The molecule has 0 aliphatic rings. The number of hydrogen-bond acceptors (Lipinski definition) is 3. The molecule has 1 N–H and O–H groups in total. The largest absolute Gasteiger partial charge is 0.352 e. The smallest absolute Gasteiger partial charge is 0.221 e. The lowest BCUT2D eigenvalue weighted by atomic mass is 9.92. The fourth-order valence-electron chi connectivity index (χ4n) is 3.47. The topological polar surface area (TPSA) is 59.3 Å². The predicted octanol–water partition coefficient (Wildman–Crippen LogP) is 3.88. The molecule has 3 aromatic heterocycles. The summed E-state index contributed by atoms with van der Waals surface area (Å²) < 4.78 is 2.09. The Kier molecular flexibility index (Phi) is 5.15. The maximum Gasteiger partial charge on any atom is 0.221 e. The summed E-state index contributed by atoms with van der Waals surface area (Å²) >= 11 is 0. The Labute approximate surface area is 164 Å². The van der Waals surface area contributed by atoms with Crippen molar-refractivity contribution >= 4 is 11.6 Å². The Morgan fingerprint density at radius 2 is 1.86 bits per heavy atom. The molecule has 5 nitrogen and oxygen atoms in total. The molecule has 0 aliphatic heterocycles. The second-order valence-electron chi connectivity index (χ2n) is 6.87. The van der Waals surface area contributed by atoms with Crippen LogP contribution in [0.1, 0.15) is 34.7 Å². The quantitative estimate of drug-likeness (QED) is 0.560. The molecule has 0 saturated carbocycles. The summed E-state index contributed by atoms with van der Waals surface area (Å²) in [4.78, 5) is 21.3. The van der Waals surface area contributed by atoms with Crippen LogP contribution >= 0.6 is 0 Å². The molecule has 0 spiro atoms. The van der Waals surface area contributed by atoms with Gasteiger partial charge in [0, 0.05) is 43.7 Å². The highest BCUT2D eigenvalue weighted by molar-refractivity contribution is 5.77. The van der Waals surface area contributed by atoms with E-state index in [1.54, 1.807) is 12.4 Å². The molecule has 0 radical (unpaired) electrons. The number of imidazole rings is 1. The number of carbonyl (C=O) groups excluding carboxylic acids is 1. The van der Waals surface area contributed by atoms with Gasteiger partial charge in [0.2, 0.25) is 5.91 Å². The van der Waals surface area contributed by atoms with Gasteiger partial charge in [-0.25, -0.2) is 4.98 Å². The highest BCUT2D eigenvalue weighted by Crippen LogP contribution is 2.29. The maximum absolute atomic E-state index is 12.7. The molecule has 1 atom stereocenters. The van der Waals surface area contributed by atoms with Gasteiger partial charge in [0.05, 0.1) is 5.69 Å². The van der Waals surface area contributed by atoms with Crippen LogP contribution in [0, 0.1) is 6.92 Å². The SMILES string of the molecule is Cc1cccn2c([C@@H](CC(=O)NCc3ccncc3)c3ccccc3)cnc12. The van der Waals surface area contributed by atoms with Crippen molar-refractivity contribution in [3.05, 3.63) is 102 Å². The van der Waals surface area contributed by atoms with Gasteiger partial charge in [0.25, 0.3) is 0 Å². The molecule has 4 aromatic rings. The van der Waals surface area contributed by atoms with E-state index in [9.17, 15) is 4.79 Å². The summed E-state index contributed by atoms with van der Waals surface area (Å²) in [5.74, 6) is -0.0660. The van der Waals surface area contributed by atoms with E-state index >= 15 is 0 Å². The van der Waals surface area contributed by atoms with Crippen molar-refractivity contribution in [2.75, 3.05) is 0 Å². The molecule has 0 fully saturated rings. The van der Waals surface area contributed by atoms with Crippen LogP contribution in [0.3, 0.4) is 0 Å². The van der Waals surface area contributed by atoms with E-state index in [1.807, 2.05) is 61.8 Å². The van der Waals surface area contributed by atoms with Crippen LogP contribution in [-0.2, 0) is 11.3 Å². The summed E-state index contributed by atoms with van der Waals surface area (Å²) in [6.07, 6.45) is 7.71. The van der Waals surface area contributed by atoms with E-state index in [0.29, 0.717) is 13.0 Å². The van der Waals surface area contributed by atoms with Crippen molar-refractivity contribution in [2.24, 2.45) is 0 Å². The summed E-state index contributed by atoms with van der Waals surface area (Å²) in [5, 5.41) is 3.02. The van der Waals surface area contributed by atoms with Crippen molar-refractivity contribution in [1.82, 2.24) is 19.7 Å². The average Bonchev–Trinajstić information content (AvgIpc) is 3.17. The first-order valence-corrected chi connectivity index (χ1v) is 9.35. The van der Waals surface area contributed by atoms with Crippen LogP contribution in [0.2, 0.25) is 0 Å². The molecule has 0 bridgehead atoms. The fraction of sp³-hybridized carbons (Fsp3) is 0.174. The lowest BCUT2D eigenvalue weighted by molar-refractivity contribution is -0.121. The van der Waals surface area contributed by atoms with Crippen LogP contribution in [0.4, 0.5) is 0 Å². The highest BCUT2D eigenvalue weighted by Gasteiger charge is 2.22. The minimum atomic E-state index is -0.0737. The molecule has 140 valence electrons. The standard InChI is InChI=1S/C23H22N4O/c1-17-6-5-13-27-21(16-26-23(17)27)20(19-7-3-2-4-8-19)14-22(28)25-15-18-9-11-24-12-10-18/h2-13,16,20H,14-15H2,1H3,(H,25,28)/t20-/m0/s1. The van der Waals surface area contributed by atoms with Gasteiger partial charge >= 0.3 is 0 Å². The van der Waals surface area contributed by atoms with Gasteiger partial charge in [-0.15, -0.1) is 0 Å². The van der Waals surface area contributed by atoms with E-state index in [4.69, 9.17) is 0 Å². The van der Waals surface area contributed by atoms with E-state index in [2.05, 4.69) is 31.8 Å². The fourth-order valence-corrected chi connectivity index (χ4v) is 3.47. The van der Waals surface area contributed by atoms with Gasteiger partial charge in [-0.2, -0.15) is 0 Å². The molecule has 5 heteroatoms. The summed E-state index contributed by atoms with van der Waals surface area (Å²) in [6, 6.07) is 18.0. The molecule has 4 rings (SSSR count). The first-order valence-electron chi connectivity index (χ1n) is 9.35. The van der Waals surface area contributed by atoms with Crippen LogP contribution in [0.5, 0.6) is 0 Å². The van der Waals surface area contributed by atoms with Crippen LogP contribution in [-0.4, -0.2) is 20.3 Å². The van der Waals surface area contributed by atoms with E-state index in [0.717, 1.165) is 28.0 Å². The molecule has 0 unspecified atom stereocenters. The molecule has 0 aliphatic carbocycles. The molecule has 3 heterocycles. The monoisotopic (exact) mass is 370 g/mol. The van der Waals surface area contributed by atoms with Crippen LogP contribution < -0.4 is 5.32 Å². The lowest BCUT2D eigenvalue weighted by Crippen LogP contribution is -2.25. The number of benzene rings is 1. The van der Waals surface area contributed by atoms with E-state index in [1.165, 1.54) is 0 Å². The van der Waals surface area contributed by atoms with Gasteiger partial charge in [0.1, 0.15) is 5.65 Å². The number of hydrogen-bond donors (Lipinski definition) is 1. The first-order chi connectivity index (χ1) is 13.7. The molecular formula is C23H22N4O. The molecule has 28 heavy (non-hydrogen) atoms. The second-order valence-corrected chi connectivity index (χ2v) is 6.87. The number of aryl methyl sites for hydroxylation is 1. The highest BCUT2D eigenvalue weighted by atomic mass is 16.1. The minimum absolute atomic E-state index is 0.00766. The van der Waals surface area contributed by atoms with Crippen LogP contribution in [0.15, 0.2) is 79.4 Å². The number of fused-ring (bicyclic) bond motifs is 1. The summed E-state index contributed by atoms with van der Waals surface area (Å²) in [5.41, 5.74) is 5.19. The Hall–Kier alpha value is -3.47. The van der Waals surface area contributed by atoms with Crippen molar-refractivity contribution in [3.63, 3.8) is 0 Å². The zero-order chi connectivity index (χ0) is 19.3. The lowest BCUT2D eigenvalue weighted by Gasteiger charge is -2.17. The van der Waals surface area contributed by atoms with Crippen molar-refractivity contribution in [2.45, 2.75) is 25.8 Å². The molecule has 0 saturated heterocycles. The second kappa shape index (κ2) is 8.05. The molecule has 1 aromatic carbocycles. The zero-order valence-corrected chi connectivity index (χ0v) is 15.7. The average molecular weight is 370 g/mol. The maximum atomic E-state index is 12.7. The number of nitrogens with one attached hydrogen (secondary N) is 1. The third-order valence-electron chi connectivity index (χ3n) is 4.95. The van der Waals surface area contributed by atoms with Gasteiger partial charge in [0.15, 0.2) is 0 Å². The number of nitrogens with zero attached hydrogens (tertiary/aromatic N) is 3. The van der Waals surface area contributed by atoms with Gasteiger partial charge < -0.3 is 9.72 Å². The third-order valence-corrected chi connectivity index (χ3v) is 4.95. The van der Waals surface area contributed by atoms with E-state index in [-0.39, 0.29) is 11.8 Å². The Morgan fingerprint density at radius 1 is 1.07 bits per heavy atom. The number of amides is 1. The van der Waals surface area contributed by atoms with Crippen molar-refractivity contribution in [1.29, 1.82) is 0 Å². The predicted molar refractivity (Wildman–Crippen MR) is 109 cm³/mol. The van der Waals surface area contributed by atoms with Gasteiger partial charge in [-0.05, 0) is 41.8 Å². The van der Waals surface area contributed by atoms with Gasteiger partial charge in [-0.3, -0.25) is 9.78 Å². The van der Waals surface area contributed by atoms with Crippen LogP contribution in [0.25, 0.3) is 5.65 Å². The number of pyridine rings is 2. The third kappa shape index (κ3) is 3.78. The summed E-state index contributed by atoms with van der Waals surface area (Å²) in [6.45, 7) is 2.54. The number of aromatic nitrogens is 3. The minimum Gasteiger partial charge on any atom is -0.352 e. The molecule has 1 amide bonds. The number of carbonyl (C=O) groups is 1. The zero-order valence-electron chi connectivity index (χ0n) is 15.7. The normalized spacial score (nSPS) is 12.0.